The largest absolute Gasteiger partial charge is 0.495 e. The zero-order valence-electron chi connectivity index (χ0n) is 10.4. The number of hydrogen-bond donors (Lipinski definition) is 1. The second-order valence-electron chi connectivity index (χ2n) is 4.15. The molecule has 3 rings (SSSR count). The van der Waals surface area contributed by atoms with Crippen LogP contribution >= 0.6 is 44.9 Å². The van der Waals surface area contributed by atoms with E-state index in [0.717, 1.165) is 33.6 Å². The van der Waals surface area contributed by atoms with Crippen LogP contribution in [0, 0.1) is 3.82 Å². The summed E-state index contributed by atoms with van der Waals surface area (Å²) < 4.78 is 10.9. The highest BCUT2D eigenvalue weighted by Gasteiger charge is 2.22. The van der Waals surface area contributed by atoms with Crippen LogP contribution in [0.4, 0.5) is 0 Å². The van der Waals surface area contributed by atoms with Gasteiger partial charge in [0, 0.05) is 5.56 Å². The molecule has 0 spiro atoms. The normalized spacial score (nSPS) is 12.9. The average Bonchev–Trinajstić information content (AvgIpc) is 2.85. The maximum absolute atomic E-state index is 8.27. The third kappa shape index (κ3) is 2.52. The van der Waals surface area contributed by atoms with Crippen molar-refractivity contribution in [1.82, 2.24) is 0 Å². The molecule has 1 heterocycles. The van der Waals surface area contributed by atoms with E-state index in [2.05, 4.69) is 9.37 Å². The van der Waals surface area contributed by atoms with Gasteiger partial charge in [-0.1, -0.05) is 37.9 Å². The van der Waals surface area contributed by atoms with E-state index >= 15 is 0 Å². The van der Waals surface area contributed by atoms with Gasteiger partial charge in [0.15, 0.2) is 0 Å². The Morgan fingerprint density at radius 1 is 1.30 bits per heavy atom. The molecule has 0 aliphatic heterocycles. The van der Waals surface area contributed by atoms with Crippen molar-refractivity contribution in [1.29, 1.82) is 0 Å². The Morgan fingerprint density at radius 3 is 2.90 bits per heavy atom. The van der Waals surface area contributed by atoms with Crippen molar-refractivity contribution >= 4 is 44.9 Å². The van der Waals surface area contributed by atoms with Gasteiger partial charge in [-0.15, -0.1) is 4.33 Å². The first-order valence-electron chi connectivity index (χ1n) is 5.72. The molecule has 0 saturated heterocycles. The van der Waals surface area contributed by atoms with E-state index in [9.17, 15) is 0 Å². The summed E-state index contributed by atoms with van der Waals surface area (Å²) in [7, 11) is 4.97. The molecule has 4 nitrogen and oxygen atoms in total. The lowest BCUT2D eigenvalue weighted by molar-refractivity contribution is -0.432. The van der Waals surface area contributed by atoms with E-state index in [4.69, 9.17) is 22.2 Å². The second-order valence-corrected chi connectivity index (χ2v) is 7.71. The second kappa shape index (κ2) is 6.10. The molecule has 1 aromatic carbocycles. The highest BCUT2D eigenvalue weighted by molar-refractivity contribution is 7.94. The lowest BCUT2D eigenvalue weighted by Gasteiger charge is -2.18. The SMILES string of the molecule is COc1cc2c(cc1SOOO)CCc1c-2ssc1=S. The molecule has 0 saturated carbocycles. The van der Waals surface area contributed by atoms with Crippen LogP contribution in [0.2, 0.25) is 0 Å². The molecule has 1 N–H and O–H groups in total. The monoisotopic (exact) mass is 346 g/mol. The molecule has 2 aromatic rings. The Morgan fingerprint density at radius 2 is 2.15 bits per heavy atom. The lowest BCUT2D eigenvalue weighted by atomic mass is 9.92. The molecule has 1 aromatic heterocycles. The molecule has 0 amide bonds. The molecule has 0 fully saturated rings. The van der Waals surface area contributed by atoms with Gasteiger partial charge in [-0.2, -0.15) is 0 Å². The summed E-state index contributed by atoms with van der Waals surface area (Å²) in [6, 6.07) is 4.00. The highest BCUT2D eigenvalue weighted by Crippen LogP contribution is 2.45. The quantitative estimate of drug-likeness (QED) is 0.284. The van der Waals surface area contributed by atoms with Gasteiger partial charge in [0.25, 0.3) is 0 Å². The van der Waals surface area contributed by atoms with Crippen LogP contribution in [0.1, 0.15) is 11.1 Å². The fourth-order valence-corrected chi connectivity index (χ4v) is 5.81. The first-order valence-corrected chi connectivity index (χ1v) is 9.02. The van der Waals surface area contributed by atoms with Crippen molar-refractivity contribution in [3.8, 4) is 16.2 Å². The topological polar surface area (TPSA) is 47.9 Å². The number of methoxy groups -OCH3 is 1. The Labute approximate surface area is 132 Å². The number of aryl methyl sites for hydroxylation is 1. The van der Waals surface area contributed by atoms with Gasteiger partial charge in [-0.05, 0) is 36.1 Å². The van der Waals surface area contributed by atoms with Gasteiger partial charge in [0.2, 0.25) is 0 Å². The first kappa shape index (κ1) is 14.5. The molecule has 0 unspecified atom stereocenters. The molecule has 8 heteroatoms. The Kier molecular flexibility index (Phi) is 4.41. The van der Waals surface area contributed by atoms with Crippen molar-refractivity contribution in [2.75, 3.05) is 7.11 Å². The fraction of sp³-hybridized carbons (Fsp3) is 0.250. The van der Waals surface area contributed by atoms with Gasteiger partial charge in [0.05, 0.1) is 28.9 Å². The van der Waals surface area contributed by atoms with Crippen molar-refractivity contribution in [3.63, 3.8) is 0 Å². The minimum Gasteiger partial charge on any atom is -0.495 e. The van der Waals surface area contributed by atoms with Gasteiger partial charge >= 0.3 is 0 Å². The minimum atomic E-state index is 0.683. The summed E-state index contributed by atoms with van der Waals surface area (Å²) in [5, 5.41) is 11.9. The molecule has 20 heavy (non-hydrogen) atoms. The Hall–Kier alpha value is -0.480. The molecular weight excluding hydrogens is 336 g/mol. The number of ether oxygens (including phenoxy) is 1. The third-order valence-corrected chi connectivity index (χ3v) is 6.96. The van der Waals surface area contributed by atoms with Crippen LogP contribution in [0.15, 0.2) is 17.0 Å². The zero-order valence-corrected chi connectivity index (χ0v) is 13.6. The molecule has 1 aliphatic carbocycles. The van der Waals surface area contributed by atoms with Crippen LogP contribution in [0.3, 0.4) is 0 Å². The van der Waals surface area contributed by atoms with Crippen molar-refractivity contribution < 1.29 is 19.4 Å². The van der Waals surface area contributed by atoms with Crippen LogP contribution in [-0.2, 0) is 22.2 Å². The minimum absolute atomic E-state index is 0.683. The maximum Gasteiger partial charge on any atom is 0.135 e. The van der Waals surface area contributed by atoms with E-state index in [1.165, 1.54) is 21.6 Å². The summed E-state index contributed by atoms with van der Waals surface area (Å²) in [4.78, 5) is 2.01. The lowest BCUT2D eigenvalue weighted by Crippen LogP contribution is -2.03. The summed E-state index contributed by atoms with van der Waals surface area (Å²) in [6.07, 6.45) is 1.90. The number of benzene rings is 1. The van der Waals surface area contributed by atoms with Gasteiger partial charge in [-0.25, -0.2) is 5.26 Å². The van der Waals surface area contributed by atoms with E-state index < -0.39 is 0 Å². The van der Waals surface area contributed by atoms with Crippen LogP contribution in [-0.4, -0.2) is 12.4 Å². The predicted molar refractivity (Wildman–Crippen MR) is 83.1 cm³/mol. The summed E-state index contributed by atoms with van der Waals surface area (Å²) in [5.74, 6) is 0.683. The van der Waals surface area contributed by atoms with Crippen molar-refractivity contribution in [3.05, 3.63) is 27.1 Å². The third-order valence-electron chi connectivity index (χ3n) is 3.15. The summed E-state index contributed by atoms with van der Waals surface area (Å²) in [5.41, 5.74) is 3.68. The average molecular weight is 346 g/mol. The van der Waals surface area contributed by atoms with E-state index in [1.54, 1.807) is 27.8 Å². The van der Waals surface area contributed by atoms with Crippen LogP contribution in [0.5, 0.6) is 5.75 Å². The van der Waals surface area contributed by atoms with Crippen molar-refractivity contribution in [2.24, 2.45) is 0 Å². The summed E-state index contributed by atoms with van der Waals surface area (Å²) >= 11 is 6.29. The smallest absolute Gasteiger partial charge is 0.135 e. The maximum atomic E-state index is 8.27. The summed E-state index contributed by atoms with van der Waals surface area (Å²) in [6.45, 7) is 0. The van der Waals surface area contributed by atoms with Gasteiger partial charge in [-0.3, -0.25) is 0 Å². The molecule has 0 bridgehead atoms. The van der Waals surface area contributed by atoms with Crippen LogP contribution in [0.25, 0.3) is 10.4 Å². The van der Waals surface area contributed by atoms with E-state index in [0.29, 0.717) is 5.75 Å². The molecule has 106 valence electrons. The van der Waals surface area contributed by atoms with Crippen LogP contribution < -0.4 is 4.74 Å². The van der Waals surface area contributed by atoms with Gasteiger partial charge < -0.3 is 4.74 Å². The molecule has 1 aliphatic rings. The fourth-order valence-electron chi connectivity index (χ4n) is 2.25. The molecular formula is C12H10O4S4. The molecule has 0 atom stereocenters. The van der Waals surface area contributed by atoms with E-state index in [1.807, 2.05) is 12.1 Å². The van der Waals surface area contributed by atoms with E-state index in [-0.39, 0.29) is 0 Å². The number of fused-ring (bicyclic) bond motifs is 3. The molecule has 0 radical (unpaired) electrons. The Bertz CT molecular complexity index is 691. The predicted octanol–water partition coefficient (Wildman–Crippen LogP) is 4.74. The first-order chi connectivity index (χ1) is 9.74. The Balaban J connectivity index is 2.09. The zero-order chi connectivity index (χ0) is 14.1. The van der Waals surface area contributed by atoms with Gasteiger partial charge in [0.1, 0.15) is 9.57 Å². The highest BCUT2D eigenvalue weighted by atomic mass is 32.9. The number of rotatable bonds is 4. The van der Waals surface area contributed by atoms with Crippen molar-refractivity contribution in [2.45, 2.75) is 17.7 Å². The number of hydrogen-bond acceptors (Lipinski definition) is 8. The standard InChI is InChI=1S/C12H10O4S4/c1-14-9-5-8-6(4-10(9)18-16-15-13)2-3-7-11(8)19-20-12(7)17/h4-5,13H,2-3H2,1H3.